The molecule has 148 valence electrons. The quantitative estimate of drug-likeness (QED) is 0.640. The van der Waals surface area contributed by atoms with Crippen molar-refractivity contribution in [2.75, 3.05) is 33.4 Å². The van der Waals surface area contributed by atoms with Crippen LogP contribution >= 0.6 is 0 Å². The SMILES string of the molecule is CCCN(CC(=O)N(CCOC)Cc1cccn1C)C(=O)CC(C)(C)C. The van der Waals surface area contributed by atoms with E-state index in [1.54, 1.807) is 16.9 Å². The van der Waals surface area contributed by atoms with E-state index in [4.69, 9.17) is 4.74 Å². The Morgan fingerprint density at radius 3 is 2.35 bits per heavy atom. The minimum Gasteiger partial charge on any atom is -0.383 e. The molecule has 0 aliphatic heterocycles. The minimum absolute atomic E-state index is 0.0401. The zero-order valence-electron chi connectivity index (χ0n) is 17.2. The van der Waals surface area contributed by atoms with Crippen LogP contribution in [0.2, 0.25) is 0 Å². The van der Waals surface area contributed by atoms with Gasteiger partial charge in [-0.2, -0.15) is 0 Å². The molecule has 0 atom stereocenters. The van der Waals surface area contributed by atoms with E-state index in [-0.39, 0.29) is 23.8 Å². The highest BCUT2D eigenvalue weighted by Crippen LogP contribution is 2.20. The molecule has 0 bridgehead atoms. The van der Waals surface area contributed by atoms with Gasteiger partial charge in [0.15, 0.2) is 0 Å². The van der Waals surface area contributed by atoms with Gasteiger partial charge in [-0.15, -0.1) is 0 Å². The van der Waals surface area contributed by atoms with Crippen molar-refractivity contribution in [2.24, 2.45) is 12.5 Å². The topological polar surface area (TPSA) is 54.8 Å². The van der Waals surface area contributed by atoms with Crippen LogP contribution in [0.4, 0.5) is 0 Å². The van der Waals surface area contributed by atoms with Crippen LogP contribution in [0.3, 0.4) is 0 Å². The molecule has 0 fully saturated rings. The normalized spacial score (nSPS) is 11.5. The number of nitrogens with zero attached hydrogens (tertiary/aromatic N) is 3. The summed E-state index contributed by atoms with van der Waals surface area (Å²) in [5.41, 5.74) is 0.961. The van der Waals surface area contributed by atoms with Gasteiger partial charge in [0, 0.05) is 45.6 Å². The van der Waals surface area contributed by atoms with E-state index in [1.165, 1.54) is 0 Å². The van der Waals surface area contributed by atoms with Crippen molar-refractivity contribution in [3.05, 3.63) is 24.0 Å². The van der Waals surface area contributed by atoms with Gasteiger partial charge in [-0.1, -0.05) is 27.7 Å². The largest absolute Gasteiger partial charge is 0.383 e. The first-order valence-corrected chi connectivity index (χ1v) is 9.32. The van der Waals surface area contributed by atoms with Gasteiger partial charge < -0.3 is 19.1 Å². The first kappa shape index (κ1) is 22.2. The van der Waals surface area contributed by atoms with Crippen molar-refractivity contribution >= 4 is 11.8 Å². The lowest BCUT2D eigenvalue weighted by molar-refractivity contribution is -0.142. The second-order valence-corrected chi connectivity index (χ2v) is 7.97. The predicted octanol–water partition coefficient (Wildman–Crippen LogP) is 2.67. The number of carbonyl (C=O) groups is 2. The highest BCUT2D eigenvalue weighted by atomic mass is 16.5. The number of rotatable bonds is 10. The molecular formula is C20H35N3O3. The Balaban J connectivity index is 2.83. The average Bonchev–Trinajstić information content (AvgIpc) is 2.94. The summed E-state index contributed by atoms with van der Waals surface area (Å²) in [7, 11) is 3.59. The third kappa shape index (κ3) is 7.60. The first-order chi connectivity index (χ1) is 12.2. The predicted molar refractivity (Wildman–Crippen MR) is 104 cm³/mol. The molecule has 26 heavy (non-hydrogen) atoms. The fourth-order valence-corrected chi connectivity index (χ4v) is 2.74. The Bertz CT molecular complexity index is 575. The number of aromatic nitrogens is 1. The molecule has 0 radical (unpaired) electrons. The molecule has 0 spiro atoms. The second-order valence-electron chi connectivity index (χ2n) is 7.97. The fourth-order valence-electron chi connectivity index (χ4n) is 2.74. The summed E-state index contributed by atoms with van der Waals surface area (Å²) in [5.74, 6) is -0.00258. The molecule has 1 aromatic rings. The van der Waals surface area contributed by atoms with Crippen molar-refractivity contribution in [3.63, 3.8) is 0 Å². The number of ether oxygens (including phenoxy) is 1. The Morgan fingerprint density at radius 1 is 1.15 bits per heavy atom. The van der Waals surface area contributed by atoms with Crippen LogP contribution in [-0.2, 0) is 27.9 Å². The maximum absolute atomic E-state index is 12.9. The number of amides is 2. The molecule has 0 aromatic carbocycles. The highest BCUT2D eigenvalue weighted by Gasteiger charge is 2.24. The molecule has 1 rings (SSSR count). The highest BCUT2D eigenvalue weighted by molar-refractivity contribution is 5.85. The monoisotopic (exact) mass is 365 g/mol. The van der Waals surface area contributed by atoms with Gasteiger partial charge in [-0.05, 0) is 24.0 Å². The van der Waals surface area contributed by atoms with Crippen LogP contribution in [0.25, 0.3) is 0 Å². The lowest BCUT2D eigenvalue weighted by Gasteiger charge is -2.29. The van der Waals surface area contributed by atoms with Crippen LogP contribution < -0.4 is 0 Å². The maximum atomic E-state index is 12.9. The van der Waals surface area contributed by atoms with E-state index < -0.39 is 0 Å². The fraction of sp³-hybridized carbons (Fsp3) is 0.700. The lowest BCUT2D eigenvalue weighted by Crippen LogP contribution is -2.44. The van der Waals surface area contributed by atoms with Gasteiger partial charge in [0.1, 0.15) is 0 Å². The van der Waals surface area contributed by atoms with E-state index >= 15 is 0 Å². The Kier molecular flexibility index (Phi) is 8.85. The number of carbonyl (C=O) groups excluding carboxylic acids is 2. The van der Waals surface area contributed by atoms with Crippen molar-refractivity contribution in [2.45, 2.75) is 47.1 Å². The summed E-state index contributed by atoms with van der Waals surface area (Å²) in [6, 6.07) is 3.96. The minimum atomic E-state index is -0.0924. The molecule has 6 heteroatoms. The van der Waals surface area contributed by atoms with E-state index in [0.29, 0.717) is 32.7 Å². The summed E-state index contributed by atoms with van der Waals surface area (Å²) < 4.78 is 7.16. The van der Waals surface area contributed by atoms with Gasteiger partial charge in [0.2, 0.25) is 11.8 Å². The average molecular weight is 366 g/mol. The molecule has 0 unspecified atom stereocenters. The van der Waals surface area contributed by atoms with Crippen LogP contribution in [-0.4, -0.2) is 59.5 Å². The zero-order valence-corrected chi connectivity index (χ0v) is 17.2. The molecule has 0 saturated heterocycles. The van der Waals surface area contributed by atoms with Crippen LogP contribution in [0.5, 0.6) is 0 Å². The number of hydrogen-bond acceptors (Lipinski definition) is 3. The van der Waals surface area contributed by atoms with Crippen molar-refractivity contribution in [1.29, 1.82) is 0 Å². The van der Waals surface area contributed by atoms with Crippen LogP contribution in [0.1, 0.15) is 46.2 Å². The van der Waals surface area contributed by atoms with Crippen molar-refractivity contribution < 1.29 is 14.3 Å². The maximum Gasteiger partial charge on any atom is 0.242 e. The number of aryl methyl sites for hydroxylation is 1. The number of hydrogen-bond donors (Lipinski definition) is 0. The standard InChI is InChI=1S/C20H35N3O3/c1-7-10-22(18(24)14-20(2,3)4)16-19(25)23(12-13-26-6)15-17-9-8-11-21(17)5/h8-9,11H,7,10,12-16H2,1-6H3. The Labute approximate surface area is 158 Å². The van der Waals surface area contributed by atoms with Crippen LogP contribution in [0, 0.1) is 5.41 Å². The zero-order chi connectivity index (χ0) is 19.7. The molecule has 0 aliphatic carbocycles. The molecular weight excluding hydrogens is 330 g/mol. The summed E-state index contributed by atoms with van der Waals surface area (Å²) in [6.07, 6.45) is 3.24. The van der Waals surface area contributed by atoms with Gasteiger partial charge >= 0.3 is 0 Å². The van der Waals surface area contributed by atoms with E-state index in [9.17, 15) is 9.59 Å². The van der Waals surface area contributed by atoms with E-state index in [2.05, 4.69) is 0 Å². The van der Waals surface area contributed by atoms with Gasteiger partial charge in [-0.25, -0.2) is 0 Å². The van der Waals surface area contributed by atoms with E-state index in [1.807, 2.05) is 57.6 Å². The molecule has 1 heterocycles. The smallest absolute Gasteiger partial charge is 0.242 e. The van der Waals surface area contributed by atoms with Crippen molar-refractivity contribution in [3.8, 4) is 0 Å². The van der Waals surface area contributed by atoms with Gasteiger partial charge in [-0.3, -0.25) is 9.59 Å². The summed E-state index contributed by atoms with van der Waals surface area (Å²) in [5, 5.41) is 0. The molecule has 0 saturated carbocycles. The van der Waals surface area contributed by atoms with Gasteiger partial charge in [0.05, 0.1) is 19.7 Å². The summed E-state index contributed by atoms with van der Waals surface area (Å²) in [6.45, 7) is 10.4. The third-order valence-corrected chi connectivity index (χ3v) is 4.18. The van der Waals surface area contributed by atoms with Gasteiger partial charge in [0.25, 0.3) is 0 Å². The Morgan fingerprint density at radius 2 is 1.85 bits per heavy atom. The molecule has 6 nitrogen and oxygen atoms in total. The third-order valence-electron chi connectivity index (χ3n) is 4.18. The van der Waals surface area contributed by atoms with Crippen LogP contribution in [0.15, 0.2) is 18.3 Å². The number of methoxy groups -OCH3 is 1. The van der Waals surface area contributed by atoms with E-state index in [0.717, 1.165) is 12.1 Å². The second kappa shape index (κ2) is 10.4. The molecule has 0 aliphatic rings. The lowest BCUT2D eigenvalue weighted by atomic mass is 9.91. The molecule has 1 aromatic heterocycles. The molecule has 2 amide bonds. The Hall–Kier alpha value is -1.82. The first-order valence-electron chi connectivity index (χ1n) is 9.32. The van der Waals surface area contributed by atoms with Crippen molar-refractivity contribution in [1.82, 2.24) is 14.4 Å². The summed E-state index contributed by atoms with van der Waals surface area (Å²) in [4.78, 5) is 29.0. The molecule has 0 N–H and O–H groups in total. The summed E-state index contributed by atoms with van der Waals surface area (Å²) >= 11 is 0.